The van der Waals surface area contributed by atoms with Crippen LogP contribution in [0.15, 0.2) is 30.9 Å². The summed E-state index contributed by atoms with van der Waals surface area (Å²) < 4.78 is 18.8. The van der Waals surface area contributed by atoms with E-state index in [2.05, 4.69) is 6.58 Å². The molecule has 0 unspecified atom stereocenters. The predicted octanol–water partition coefficient (Wildman–Crippen LogP) is 4.77. The molecule has 23 heavy (non-hydrogen) atoms. The number of allylic oxidation sites excluding steroid dienone is 1. The molecule has 2 rings (SSSR count). The molecular formula is C19H22FNO2. The number of halogens is 1. The molecule has 0 amide bonds. The van der Waals surface area contributed by atoms with Crippen LogP contribution in [0.3, 0.4) is 0 Å². The zero-order valence-corrected chi connectivity index (χ0v) is 13.3. The highest BCUT2D eigenvalue weighted by molar-refractivity contribution is 5.75. The lowest BCUT2D eigenvalue weighted by Gasteiger charge is -2.27. The number of hydrogen-bond acceptors (Lipinski definition) is 3. The number of esters is 1. The van der Waals surface area contributed by atoms with E-state index in [0.29, 0.717) is 5.92 Å². The summed E-state index contributed by atoms with van der Waals surface area (Å²) in [4.78, 5) is 12.2. The third-order valence-electron chi connectivity index (χ3n) is 4.48. The second-order valence-electron chi connectivity index (χ2n) is 6.11. The average molecular weight is 315 g/mol. The fraction of sp³-hybridized carbons (Fsp3) is 0.474. The van der Waals surface area contributed by atoms with Gasteiger partial charge in [-0.3, -0.25) is 4.79 Å². The van der Waals surface area contributed by atoms with Crippen LogP contribution in [-0.4, -0.2) is 5.97 Å². The molecule has 1 fully saturated rings. The Bertz CT molecular complexity index is 598. The van der Waals surface area contributed by atoms with Gasteiger partial charge in [-0.2, -0.15) is 5.26 Å². The largest absolute Gasteiger partial charge is 0.426 e. The standard InChI is InChI=1S/C19H22FNO2/c1-2-3-4-5-14-6-8-15(9-7-14)19(22)23-17-11-10-16(13-21)18(20)12-17/h2,10-12,14-15H,1,3-9H2. The lowest BCUT2D eigenvalue weighted by Crippen LogP contribution is -2.25. The van der Waals surface area contributed by atoms with E-state index < -0.39 is 5.82 Å². The summed E-state index contributed by atoms with van der Waals surface area (Å²) in [6, 6.07) is 5.62. The van der Waals surface area contributed by atoms with Crippen LogP contribution in [-0.2, 0) is 4.79 Å². The van der Waals surface area contributed by atoms with Gasteiger partial charge in [0.2, 0.25) is 0 Å². The second kappa shape index (κ2) is 8.47. The van der Waals surface area contributed by atoms with Crippen molar-refractivity contribution in [3.05, 3.63) is 42.2 Å². The maximum absolute atomic E-state index is 13.5. The van der Waals surface area contributed by atoms with E-state index in [0.717, 1.165) is 44.6 Å². The molecule has 1 aromatic carbocycles. The summed E-state index contributed by atoms with van der Waals surface area (Å²) in [6.07, 6.45) is 9.08. The monoisotopic (exact) mass is 315 g/mol. The maximum Gasteiger partial charge on any atom is 0.314 e. The first kappa shape index (κ1) is 17.2. The molecule has 1 saturated carbocycles. The van der Waals surface area contributed by atoms with E-state index in [1.807, 2.05) is 6.08 Å². The molecule has 0 heterocycles. The zero-order chi connectivity index (χ0) is 16.7. The lowest BCUT2D eigenvalue weighted by atomic mass is 9.80. The van der Waals surface area contributed by atoms with Gasteiger partial charge >= 0.3 is 5.97 Å². The Morgan fingerprint density at radius 1 is 1.39 bits per heavy atom. The van der Waals surface area contributed by atoms with E-state index in [4.69, 9.17) is 10.00 Å². The first-order valence-electron chi connectivity index (χ1n) is 8.16. The summed E-state index contributed by atoms with van der Waals surface area (Å²) in [6.45, 7) is 3.73. The molecule has 1 aromatic rings. The van der Waals surface area contributed by atoms with E-state index in [9.17, 15) is 9.18 Å². The minimum atomic E-state index is -0.663. The molecular weight excluding hydrogens is 293 g/mol. The molecule has 1 aliphatic rings. The van der Waals surface area contributed by atoms with Crippen LogP contribution in [0.5, 0.6) is 5.75 Å². The van der Waals surface area contributed by atoms with E-state index >= 15 is 0 Å². The summed E-state index contributed by atoms with van der Waals surface area (Å²) in [5, 5.41) is 8.69. The smallest absolute Gasteiger partial charge is 0.314 e. The Morgan fingerprint density at radius 3 is 2.74 bits per heavy atom. The molecule has 0 aliphatic heterocycles. The number of hydrogen-bond donors (Lipinski definition) is 0. The van der Waals surface area contributed by atoms with Crippen LogP contribution in [0.1, 0.15) is 50.5 Å². The highest BCUT2D eigenvalue weighted by Gasteiger charge is 2.27. The van der Waals surface area contributed by atoms with Gasteiger partial charge in [0, 0.05) is 6.07 Å². The Hall–Kier alpha value is -2.15. The zero-order valence-electron chi connectivity index (χ0n) is 13.3. The molecule has 3 nitrogen and oxygen atoms in total. The highest BCUT2D eigenvalue weighted by Crippen LogP contribution is 2.33. The van der Waals surface area contributed by atoms with Crippen LogP contribution in [0.25, 0.3) is 0 Å². The van der Waals surface area contributed by atoms with Crippen molar-refractivity contribution in [2.45, 2.75) is 44.9 Å². The van der Waals surface area contributed by atoms with Gasteiger partial charge in [0.05, 0.1) is 11.5 Å². The second-order valence-corrected chi connectivity index (χ2v) is 6.11. The van der Waals surface area contributed by atoms with Crippen molar-refractivity contribution >= 4 is 5.97 Å². The van der Waals surface area contributed by atoms with E-state index in [1.54, 1.807) is 6.07 Å². The molecule has 0 radical (unpaired) electrons. The molecule has 0 saturated heterocycles. The normalized spacial score (nSPS) is 20.5. The minimum Gasteiger partial charge on any atom is -0.426 e. The molecule has 0 N–H and O–H groups in total. The lowest BCUT2D eigenvalue weighted by molar-refractivity contribution is -0.140. The first-order valence-corrected chi connectivity index (χ1v) is 8.16. The molecule has 1 aliphatic carbocycles. The SMILES string of the molecule is C=CCCCC1CCC(C(=O)Oc2ccc(C#N)c(F)c2)CC1. The van der Waals surface area contributed by atoms with Crippen LogP contribution in [0.2, 0.25) is 0 Å². The minimum absolute atomic E-state index is 0.0511. The molecule has 0 aromatic heterocycles. The van der Waals surface area contributed by atoms with Gasteiger partial charge in [-0.15, -0.1) is 6.58 Å². The van der Waals surface area contributed by atoms with E-state index in [-0.39, 0.29) is 23.2 Å². The Balaban J connectivity index is 1.82. The quantitative estimate of drug-likeness (QED) is 0.329. The van der Waals surface area contributed by atoms with Gasteiger partial charge in [-0.25, -0.2) is 4.39 Å². The number of carbonyl (C=O) groups excluding carboxylic acids is 1. The summed E-state index contributed by atoms with van der Waals surface area (Å²) >= 11 is 0. The van der Waals surface area contributed by atoms with Gasteiger partial charge in [0.15, 0.2) is 0 Å². The van der Waals surface area contributed by atoms with Gasteiger partial charge in [-0.05, 0) is 56.6 Å². The molecule has 0 spiro atoms. The van der Waals surface area contributed by atoms with Crippen LogP contribution in [0, 0.1) is 29.0 Å². The number of benzene rings is 1. The van der Waals surface area contributed by atoms with Gasteiger partial charge < -0.3 is 4.74 Å². The maximum atomic E-state index is 13.5. The average Bonchev–Trinajstić information content (AvgIpc) is 2.56. The molecule has 0 atom stereocenters. The third-order valence-corrected chi connectivity index (χ3v) is 4.48. The van der Waals surface area contributed by atoms with Gasteiger partial charge in [0.25, 0.3) is 0 Å². The predicted molar refractivity (Wildman–Crippen MR) is 86.2 cm³/mol. The van der Waals surface area contributed by atoms with Crippen molar-refractivity contribution in [2.24, 2.45) is 11.8 Å². The van der Waals surface area contributed by atoms with Crippen molar-refractivity contribution in [3.63, 3.8) is 0 Å². The fourth-order valence-corrected chi connectivity index (χ4v) is 3.09. The van der Waals surface area contributed by atoms with Crippen molar-refractivity contribution in [1.82, 2.24) is 0 Å². The molecule has 122 valence electrons. The van der Waals surface area contributed by atoms with Crippen LogP contribution < -0.4 is 4.74 Å². The Kier molecular flexibility index (Phi) is 6.34. The number of rotatable bonds is 6. The Labute approximate surface area is 136 Å². The van der Waals surface area contributed by atoms with Crippen LogP contribution in [0.4, 0.5) is 4.39 Å². The van der Waals surface area contributed by atoms with Gasteiger partial charge in [0.1, 0.15) is 17.6 Å². The van der Waals surface area contributed by atoms with Crippen molar-refractivity contribution < 1.29 is 13.9 Å². The van der Waals surface area contributed by atoms with Gasteiger partial charge in [-0.1, -0.05) is 12.5 Å². The number of ether oxygens (including phenoxy) is 1. The summed E-state index contributed by atoms with van der Waals surface area (Å²) in [7, 11) is 0. The summed E-state index contributed by atoms with van der Waals surface area (Å²) in [5.41, 5.74) is -0.0511. The first-order chi connectivity index (χ1) is 11.1. The van der Waals surface area contributed by atoms with E-state index in [1.165, 1.54) is 18.6 Å². The van der Waals surface area contributed by atoms with Crippen LogP contribution >= 0.6 is 0 Å². The highest BCUT2D eigenvalue weighted by atomic mass is 19.1. The van der Waals surface area contributed by atoms with Crippen molar-refractivity contribution in [1.29, 1.82) is 5.26 Å². The Morgan fingerprint density at radius 2 is 2.13 bits per heavy atom. The number of carbonyl (C=O) groups is 1. The topological polar surface area (TPSA) is 50.1 Å². The number of nitriles is 1. The third kappa shape index (κ3) is 4.92. The number of nitrogens with zero attached hydrogens (tertiary/aromatic N) is 1. The summed E-state index contributed by atoms with van der Waals surface area (Å²) in [5.74, 6) is -0.210. The van der Waals surface area contributed by atoms with Crippen molar-refractivity contribution in [2.75, 3.05) is 0 Å². The molecule has 0 bridgehead atoms. The number of unbranched alkanes of at least 4 members (excludes halogenated alkanes) is 1. The molecule has 4 heteroatoms. The fourth-order valence-electron chi connectivity index (χ4n) is 3.09. The van der Waals surface area contributed by atoms with Crippen molar-refractivity contribution in [3.8, 4) is 11.8 Å².